The number of carbonyl (C=O) groups excluding carboxylic acids is 1. The highest BCUT2D eigenvalue weighted by atomic mass is 32.2. The number of aromatic nitrogens is 1. The third-order valence-electron chi connectivity index (χ3n) is 3.89. The fourth-order valence-electron chi connectivity index (χ4n) is 2.70. The Kier molecular flexibility index (Phi) is 5.19. The summed E-state index contributed by atoms with van der Waals surface area (Å²) in [5, 5.41) is 5.30. The first kappa shape index (κ1) is 17.5. The molecular weight excluding hydrogens is 382 g/mol. The van der Waals surface area contributed by atoms with Crippen molar-refractivity contribution in [1.82, 2.24) is 4.98 Å². The van der Waals surface area contributed by atoms with Crippen molar-refractivity contribution in [2.45, 2.75) is 23.1 Å². The van der Waals surface area contributed by atoms with Gasteiger partial charge in [-0.2, -0.15) is 0 Å². The number of aryl methyl sites for hydroxylation is 1. The van der Waals surface area contributed by atoms with Crippen LogP contribution < -0.4 is 10.0 Å². The monoisotopic (exact) mass is 399 g/mol. The van der Waals surface area contributed by atoms with Crippen LogP contribution in [0, 0.1) is 0 Å². The number of nitrogens with zero attached hydrogens (tertiary/aromatic N) is 1. The number of benzene rings is 2. The maximum Gasteiger partial charge on any atom is 0.223 e. The lowest BCUT2D eigenvalue weighted by Crippen LogP contribution is -2.04. The van der Waals surface area contributed by atoms with Crippen molar-refractivity contribution in [1.29, 1.82) is 0 Å². The van der Waals surface area contributed by atoms with E-state index in [0.717, 1.165) is 23.4 Å². The van der Waals surface area contributed by atoms with Crippen molar-refractivity contribution in [3.05, 3.63) is 53.4 Å². The van der Waals surface area contributed by atoms with E-state index >= 15 is 0 Å². The number of thiazole rings is 1. The normalized spacial score (nSPS) is 12.7. The number of hydrogen-bond donors (Lipinski definition) is 2. The number of carbonyl (C=O) groups is 1. The Morgan fingerprint density at radius 3 is 3.04 bits per heavy atom. The van der Waals surface area contributed by atoms with Crippen molar-refractivity contribution in [3.8, 4) is 11.3 Å². The summed E-state index contributed by atoms with van der Waals surface area (Å²) >= 11 is 4.99. The molecule has 0 atom stereocenters. The molecule has 2 aromatic carbocycles. The molecule has 2 N–H and O–H groups in total. The van der Waals surface area contributed by atoms with E-state index in [2.05, 4.69) is 39.3 Å². The van der Waals surface area contributed by atoms with Crippen molar-refractivity contribution >= 4 is 51.8 Å². The van der Waals surface area contributed by atoms with Gasteiger partial charge in [0.25, 0.3) is 0 Å². The molecule has 0 unspecified atom stereocenters. The summed E-state index contributed by atoms with van der Waals surface area (Å²) < 4.78 is 3.42. The zero-order valence-electron chi connectivity index (χ0n) is 14.1. The molecule has 0 aliphatic carbocycles. The topological polar surface area (TPSA) is 54.0 Å². The largest absolute Gasteiger partial charge is 0.326 e. The fourth-order valence-corrected chi connectivity index (χ4v) is 5.22. The summed E-state index contributed by atoms with van der Waals surface area (Å²) in [4.78, 5) is 18.2. The Bertz CT molecular complexity index is 955. The van der Waals surface area contributed by atoms with Crippen molar-refractivity contribution in [3.63, 3.8) is 0 Å². The van der Waals surface area contributed by atoms with Gasteiger partial charge in [-0.25, -0.2) is 4.98 Å². The molecule has 0 saturated carbocycles. The molecule has 1 amide bonds. The summed E-state index contributed by atoms with van der Waals surface area (Å²) in [6.45, 7) is 1.49. The predicted octanol–water partition coefficient (Wildman–Crippen LogP) is 5.54. The van der Waals surface area contributed by atoms with E-state index < -0.39 is 0 Å². The van der Waals surface area contributed by atoms with E-state index in [1.165, 1.54) is 39.4 Å². The molecule has 0 saturated heterocycles. The highest BCUT2D eigenvalue weighted by molar-refractivity contribution is 8.00. The van der Waals surface area contributed by atoms with Crippen LogP contribution in [0.5, 0.6) is 0 Å². The molecule has 3 aromatic rings. The van der Waals surface area contributed by atoms with Crippen LogP contribution in [0.25, 0.3) is 11.3 Å². The molecule has 0 bridgehead atoms. The van der Waals surface area contributed by atoms with Crippen molar-refractivity contribution in [2.75, 3.05) is 15.8 Å². The van der Waals surface area contributed by atoms with Crippen LogP contribution >= 0.6 is 35.0 Å². The van der Waals surface area contributed by atoms with E-state index in [0.29, 0.717) is 5.13 Å². The van der Waals surface area contributed by atoms with Gasteiger partial charge < -0.3 is 10.0 Å². The molecule has 4 rings (SSSR count). The maximum absolute atomic E-state index is 11.1. The highest BCUT2D eigenvalue weighted by Gasteiger charge is 2.12. The average Bonchev–Trinajstić information content (AvgIpc) is 3.28. The Balaban J connectivity index is 1.46. The van der Waals surface area contributed by atoms with Gasteiger partial charge in [-0.1, -0.05) is 12.1 Å². The minimum absolute atomic E-state index is 0.106. The second-order valence-corrected chi connectivity index (χ2v) is 8.75. The van der Waals surface area contributed by atoms with E-state index in [1.54, 1.807) is 11.9 Å². The standard InChI is InChI=1S/C19H17N3OS3/c1-12(23)20-19-21-17(11-25-19)13-3-2-4-15(9-13)22-26-16-5-6-18-14(10-16)7-8-24-18/h2-6,9-11,22H,7-8H2,1H3,(H,20,21,23). The van der Waals surface area contributed by atoms with Crippen molar-refractivity contribution in [2.24, 2.45) is 0 Å². The van der Waals surface area contributed by atoms with Crippen LogP contribution in [0.2, 0.25) is 0 Å². The summed E-state index contributed by atoms with van der Waals surface area (Å²) in [5.74, 6) is 1.08. The first-order valence-electron chi connectivity index (χ1n) is 8.19. The first-order chi connectivity index (χ1) is 12.7. The van der Waals surface area contributed by atoms with Gasteiger partial charge in [-0.15, -0.1) is 23.1 Å². The molecule has 0 spiro atoms. The summed E-state index contributed by atoms with van der Waals surface area (Å²) in [6, 6.07) is 14.8. The number of fused-ring (bicyclic) bond motifs is 1. The van der Waals surface area contributed by atoms with Crippen LogP contribution in [-0.2, 0) is 11.2 Å². The van der Waals surface area contributed by atoms with Gasteiger partial charge in [0.1, 0.15) is 0 Å². The molecule has 1 aromatic heterocycles. The number of rotatable bonds is 5. The lowest BCUT2D eigenvalue weighted by Gasteiger charge is -2.08. The van der Waals surface area contributed by atoms with Gasteiger partial charge in [-0.3, -0.25) is 4.79 Å². The minimum Gasteiger partial charge on any atom is -0.326 e. The number of thioether (sulfide) groups is 1. The second-order valence-electron chi connectivity index (χ2n) is 5.87. The third-order valence-corrected chi connectivity index (χ3v) is 6.60. The Morgan fingerprint density at radius 1 is 1.23 bits per heavy atom. The summed E-state index contributed by atoms with van der Waals surface area (Å²) in [7, 11) is 0. The van der Waals surface area contributed by atoms with Crippen molar-refractivity contribution < 1.29 is 4.79 Å². The van der Waals surface area contributed by atoms with Gasteiger partial charge >= 0.3 is 0 Å². The SMILES string of the molecule is CC(=O)Nc1nc(-c2cccc(NSc3ccc4c(c3)CCS4)c2)cs1. The van der Waals surface area contributed by atoms with Crippen LogP contribution in [-0.4, -0.2) is 16.6 Å². The number of hydrogen-bond acceptors (Lipinski definition) is 6. The molecule has 7 heteroatoms. The lowest BCUT2D eigenvalue weighted by atomic mass is 10.1. The Hall–Kier alpha value is -1.96. The zero-order chi connectivity index (χ0) is 17.9. The maximum atomic E-state index is 11.1. The zero-order valence-corrected chi connectivity index (χ0v) is 16.6. The predicted molar refractivity (Wildman–Crippen MR) is 112 cm³/mol. The van der Waals surface area contributed by atoms with Gasteiger partial charge in [-0.05, 0) is 54.3 Å². The molecule has 26 heavy (non-hydrogen) atoms. The molecule has 4 nitrogen and oxygen atoms in total. The average molecular weight is 400 g/mol. The van der Waals surface area contributed by atoms with Crippen LogP contribution in [0.4, 0.5) is 10.8 Å². The molecule has 0 fully saturated rings. The third kappa shape index (κ3) is 4.06. The molecule has 132 valence electrons. The summed E-state index contributed by atoms with van der Waals surface area (Å²) in [6.07, 6.45) is 1.16. The molecule has 0 radical (unpaired) electrons. The number of nitrogens with one attached hydrogen (secondary N) is 2. The Morgan fingerprint density at radius 2 is 2.15 bits per heavy atom. The van der Waals surface area contributed by atoms with E-state index in [4.69, 9.17) is 0 Å². The fraction of sp³-hybridized carbons (Fsp3) is 0.158. The second kappa shape index (κ2) is 7.73. The van der Waals surface area contributed by atoms with Gasteiger partial charge in [0.2, 0.25) is 5.91 Å². The highest BCUT2D eigenvalue weighted by Crippen LogP contribution is 2.34. The molecule has 1 aliphatic rings. The smallest absolute Gasteiger partial charge is 0.223 e. The molecule has 1 aliphatic heterocycles. The van der Waals surface area contributed by atoms with E-state index in [1.807, 2.05) is 35.3 Å². The van der Waals surface area contributed by atoms with Crippen LogP contribution in [0.1, 0.15) is 12.5 Å². The lowest BCUT2D eigenvalue weighted by molar-refractivity contribution is -0.114. The number of anilines is 2. The minimum atomic E-state index is -0.106. The first-order valence-corrected chi connectivity index (χ1v) is 10.9. The van der Waals surface area contributed by atoms with Crippen LogP contribution in [0.3, 0.4) is 0 Å². The quantitative estimate of drug-likeness (QED) is 0.552. The Labute approximate surface area is 165 Å². The number of amides is 1. The molecular formula is C19H17N3OS3. The van der Waals surface area contributed by atoms with E-state index in [9.17, 15) is 4.79 Å². The molecule has 2 heterocycles. The van der Waals surface area contributed by atoms with Gasteiger partial charge in [0.05, 0.1) is 5.69 Å². The van der Waals surface area contributed by atoms with E-state index in [-0.39, 0.29) is 5.91 Å². The van der Waals surface area contributed by atoms with Gasteiger partial charge in [0.15, 0.2) is 5.13 Å². The van der Waals surface area contributed by atoms with Crippen LogP contribution in [0.15, 0.2) is 57.6 Å². The van der Waals surface area contributed by atoms with Gasteiger partial charge in [0, 0.05) is 39.1 Å². The summed E-state index contributed by atoms with van der Waals surface area (Å²) in [5.41, 5.74) is 4.36.